The number of carbonyl (C=O) groups excluding carboxylic acids is 1. The Balaban J connectivity index is 1.84. The summed E-state index contributed by atoms with van der Waals surface area (Å²) in [6.45, 7) is 0. The highest BCUT2D eigenvalue weighted by Crippen LogP contribution is 2.31. The van der Waals surface area contributed by atoms with Gasteiger partial charge >= 0.3 is 0 Å². The molecule has 0 unspecified atom stereocenters. The van der Waals surface area contributed by atoms with E-state index in [2.05, 4.69) is 4.98 Å². The average molecular weight is 359 g/mol. The SMILES string of the molecule is COc1ccc(N(C)C(=O)Cc2c[nH]c3ccc(Cl)cc23)cc1OC. The number of anilines is 1. The molecule has 0 bridgehead atoms. The summed E-state index contributed by atoms with van der Waals surface area (Å²) in [4.78, 5) is 17.5. The molecule has 3 rings (SSSR count). The Morgan fingerprint density at radius 2 is 1.88 bits per heavy atom. The van der Waals surface area contributed by atoms with Gasteiger partial charge in [-0.1, -0.05) is 11.6 Å². The number of nitrogens with one attached hydrogen (secondary N) is 1. The third kappa shape index (κ3) is 3.42. The van der Waals surface area contributed by atoms with Crippen molar-refractivity contribution in [2.45, 2.75) is 6.42 Å². The van der Waals surface area contributed by atoms with Crippen molar-refractivity contribution >= 4 is 34.1 Å². The van der Waals surface area contributed by atoms with Gasteiger partial charge in [-0.15, -0.1) is 0 Å². The van der Waals surface area contributed by atoms with E-state index in [1.807, 2.05) is 30.5 Å². The summed E-state index contributed by atoms with van der Waals surface area (Å²) in [7, 11) is 4.89. The first-order valence-electron chi connectivity index (χ1n) is 7.77. The number of H-pyrrole nitrogens is 1. The summed E-state index contributed by atoms with van der Waals surface area (Å²) >= 11 is 6.07. The lowest BCUT2D eigenvalue weighted by molar-refractivity contribution is -0.117. The first-order chi connectivity index (χ1) is 12.0. The molecule has 0 aliphatic heterocycles. The van der Waals surface area contributed by atoms with Gasteiger partial charge in [0.2, 0.25) is 5.91 Å². The molecule has 0 fully saturated rings. The smallest absolute Gasteiger partial charge is 0.231 e. The minimum absolute atomic E-state index is 0.0342. The van der Waals surface area contributed by atoms with Crippen molar-refractivity contribution in [2.24, 2.45) is 0 Å². The Kier molecular flexibility index (Phi) is 4.86. The molecule has 1 N–H and O–H groups in total. The Morgan fingerprint density at radius 1 is 1.12 bits per heavy atom. The maximum absolute atomic E-state index is 12.7. The number of fused-ring (bicyclic) bond motifs is 1. The predicted molar refractivity (Wildman–Crippen MR) is 100.0 cm³/mol. The van der Waals surface area contributed by atoms with E-state index in [1.165, 1.54) is 0 Å². The molecule has 130 valence electrons. The highest BCUT2D eigenvalue weighted by molar-refractivity contribution is 6.31. The Labute approximate surface area is 151 Å². The lowest BCUT2D eigenvalue weighted by atomic mass is 10.1. The number of amides is 1. The quantitative estimate of drug-likeness (QED) is 0.748. The number of hydrogen-bond acceptors (Lipinski definition) is 3. The van der Waals surface area contributed by atoms with E-state index < -0.39 is 0 Å². The van der Waals surface area contributed by atoms with E-state index in [4.69, 9.17) is 21.1 Å². The fourth-order valence-corrected chi connectivity index (χ4v) is 2.93. The van der Waals surface area contributed by atoms with Gasteiger partial charge in [0.25, 0.3) is 0 Å². The van der Waals surface area contributed by atoms with Gasteiger partial charge in [-0.2, -0.15) is 0 Å². The topological polar surface area (TPSA) is 54.6 Å². The Bertz CT molecular complexity index is 920. The molecule has 0 radical (unpaired) electrons. The fourth-order valence-electron chi connectivity index (χ4n) is 2.76. The summed E-state index contributed by atoms with van der Waals surface area (Å²) < 4.78 is 10.5. The van der Waals surface area contributed by atoms with Gasteiger partial charge in [0.1, 0.15) is 0 Å². The van der Waals surface area contributed by atoms with Crippen molar-refractivity contribution in [3.63, 3.8) is 0 Å². The normalized spacial score (nSPS) is 10.7. The zero-order valence-electron chi connectivity index (χ0n) is 14.3. The molecule has 0 aliphatic carbocycles. The van der Waals surface area contributed by atoms with Crippen LogP contribution in [0.5, 0.6) is 11.5 Å². The lowest BCUT2D eigenvalue weighted by Gasteiger charge is -2.19. The zero-order chi connectivity index (χ0) is 18.0. The number of ether oxygens (including phenoxy) is 2. The van der Waals surface area contributed by atoms with Crippen molar-refractivity contribution < 1.29 is 14.3 Å². The molecule has 3 aromatic rings. The zero-order valence-corrected chi connectivity index (χ0v) is 15.1. The first kappa shape index (κ1) is 17.2. The minimum atomic E-state index is -0.0342. The van der Waals surface area contributed by atoms with Crippen LogP contribution in [0.4, 0.5) is 5.69 Å². The van der Waals surface area contributed by atoms with Crippen molar-refractivity contribution in [3.05, 3.63) is 53.2 Å². The number of aromatic amines is 1. The molecule has 6 heteroatoms. The molecular weight excluding hydrogens is 340 g/mol. The van der Waals surface area contributed by atoms with Gasteiger partial charge in [-0.05, 0) is 35.9 Å². The maximum Gasteiger partial charge on any atom is 0.231 e. The maximum atomic E-state index is 12.7. The van der Waals surface area contributed by atoms with Crippen LogP contribution in [0.2, 0.25) is 5.02 Å². The van der Waals surface area contributed by atoms with Gasteiger partial charge in [-0.25, -0.2) is 0 Å². The second-order valence-electron chi connectivity index (χ2n) is 5.67. The van der Waals surface area contributed by atoms with Crippen LogP contribution in [0.25, 0.3) is 10.9 Å². The van der Waals surface area contributed by atoms with E-state index in [-0.39, 0.29) is 12.3 Å². The molecule has 0 saturated heterocycles. The summed E-state index contributed by atoms with van der Waals surface area (Å²) in [6, 6.07) is 11.0. The number of hydrogen-bond donors (Lipinski definition) is 1. The number of halogens is 1. The van der Waals surface area contributed by atoms with Crippen molar-refractivity contribution in [1.29, 1.82) is 0 Å². The van der Waals surface area contributed by atoms with E-state index in [9.17, 15) is 4.79 Å². The fraction of sp³-hybridized carbons (Fsp3) is 0.211. The van der Waals surface area contributed by atoms with Crippen LogP contribution in [-0.4, -0.2) is 32.2 Å². The van der Waals surface area contributed by atoms with Crippen LogP contribution >= 0.6 is 11.6 Å². The van der Waals surface area contributed by atoms with Crippen molar-refractivity contribution in [3.8, 4) is 11.5 Å². The van der Waals surface area contributed by atoms with Crippen LogP contribution in [-0.2, 0) is 11.2 Å². The van der Waals surface area contributed by atoms with Gasteiger partial charge in [-0.3, -0.25) is 4.79 Å². The first-order valence-corrected chi connectivity index (χ1v) is 8.15. The number of aromatic nitrogens is 1. The molecule has 0 spiro atoms. The minimum Gasteiger partial charge on any atom is -0.493 e. The number of benzene rings is 2. The molecule has 1 aromatic heterocycles. The molecule has 0 aliphatic rings. The highest BCUT2D eigenvalue weighted by Gasteiger charge is 2.16. The van der Waals surface area contributed by atoms with Gasteiger partial charge in [0.15, 0.2) is 11.5 Å². The van der Waals surface area contributed by atoms with Crippen molar-refractivity contribution in [1.82, 2.24) is 4.98 Å². The lowest BCUT2D eigenvalue weighted by Crippen LogP contribution is -2.27. The summed E-state index contributed by atoms with van der Waals surface area (Å²) in [5.41, 5.74) is 2.61. The number of nitrogens with zero attached hydrogens (tertiary/aromatic N) is 1. The van der Waals surface area contributed by atoms with E-state index >= 15 is 0 Å². The Morgan fingerprint density at radius 3 is 2.60 bits per heavy atom. The molecule has 25 heavy (non-hydrogen) atoms. The van der Waals surface area contributed by atoms with E-state index in [0.717, 1.165) is 22.2 Å². The largest absolute Gasteiger partial charge is 0.493 e. The third-order valence-electron chi connectivity index (χ3n) is 4.20. The van der Waals surface area contributed by atoms with E-state index in [0.29, 0.717) is 16.5 Å². The van der Waals surface area contributed by atoms with Crippen LogP contribution in [0.3, 0.4) is 0 Å². The molecule has 1 amide bonds. The molecular formula is C19H19ClN2O3. The highest BCUT2D eigenvalue weighted by atomic mass is 35.5. The second kappa shape index (κ2) is 7.07. The van der Waals surface area contributed by atoms with E-state index in [1.54, 1.807) is 38.3 Å². The van der Waals surface area contributed by atoms with Crippen LogP contribution < -0.4 is 14.4 Å². The second-order valence-corrected chi connectivity index (χ2v) is 6.11. The summed E-state index contributed by atoms with van der Waals surface area (Å²) in [5.74, 6) is 1.17. The Hall–Kier alpha value is -2.66. The van der Waals surface area contributed by atoms with Crippen LogP contribution in [0, 0.1) is 0 Å². The molecule has 2 aromatic carbocycles. The molecule has 0 saturated carbocycles. The number of rotatable bonds is 5. The number of methoxy groups -OCH3 is 2. The van der Waals surface area contributed by atoms with Crippen LogP contribution in [0.1, 0.15) is 5.56 Å². The third-order valence-corrected chi connectivity index (χ3v) is 4.43. The summed E-state index contributed by atoms with van der Waals surface area (Å²) in [5, 5.41) is 1.61. The van der Waals surface area contributed by atoms with Gasteiger partial charge in [0.05, 0.1) is 20.6 Å². The monoisotopic (exact) mass is 358 g/mol. The van der Waals surface area contributed by atoms with Crippen molar-refractivity contribution in [2.75, 3.05) is 26.2 Å². The predicted octanol–water partition coefficient (Wildman–Crippen LogP) is 4.04. The number of likely N-dealkylation sites (N-methyl/N-ethyl adjacent to an activating group) is 1. The summed E-state index contributed by atoms with van der Waals surface area (Å²) in [6.07, 6.45) is 2.12. The molecule has 5 nitrogen and oxygen atoms in total. The number of carbonyl (C=O) groups is 1. The molecule has 0 atom stereocenters. The average Bonchev–Trinajstić information content (AvgIpc) is 3.02. The van der Waals surface area contributed by atoms with Gasteiger partial charge < -0.3 is 19.4 Å². The molecule has 1 heterocycles. The van der Waals surface area contributed by atoms with Crippen LogP contribution in [0.15, 0.2) is 42.6 Å². The van der Waals surface area contributed by atoms with Gasteiger partial charge in [0, 0.05) is 40.9 Å². The standard InChI is InChI=1S/C19H19ClN2O3/c1-22(14-5-7-17(24-2)18(10-14)25-3)19(23)8-12-11-21-16-6-4-13(20)9-15(12)16/h4-7,9-11,21H,8H2,1-3H3.